The van der Waals surface area contributed by atoms with Crippen LogP contribution in [0.1, 0.15) is 12.8 Å². The highest BCUT2D eigenvalue weighted by Crippen LogP contribution is 2.33. The number of hydrogen-bond acceptors (Lipinski definition) is 2. The maximum absolute atomic E-state index is 10.4. The Morgan fingerprint density at radius 1 is 1.50 bits per heavy atom. The summed E-state index contributed by atoms with van der Waals surface area (Å²) in [5.41, 5.74) is 0. The first-order valence-corrected chi connectivity index (χ1v) is 3.52. The number of carboxylic acid groups (broad SMARTS) is 1. The first-order valence-electron chi connectivity index (χ1n) is 3.52. The van der Waals surface area contributed by atoms with Crippen molar-refractivity contribution in [1.82, 2.24) is 0 Å². The Labute approximate surface area is 60.5 Å². The third-order valence-corrected chi connectivity index (χ3v) is 2.08. The van der Waals surface area contributed by atoms with Gasteiger partial charge in [0.2, 0.25) is 0 Å². The first-order chi connectivity index (χ1) is 4.61. The van der Waals surface area contributed by atoms with Crippen LogP contribution in [0.25, 0.3) is 0 Å². The predicted molar refractivity (Wildman–Crippen MR) is 38.7 cm³/mol. The van der Waals surface area contributed by atoms with Crippen molar-refractivity contribution in [2.45, 2.75) is 24.8 Å². The molecule has 1 rings (SSSR count). The SMILES string of the molecule is BC1CC(O)C(C(=O)O)C1. The van der Waals surface area contributed by atoms with Crippen molar-refractivity contribution in [3.63, 3.8) is 0 Å². The van der Waals surface area contributed by atoms with Crippen LogP contribution >= 0.6 is 0 Å². The molecule has 0 bridgehead atoms. The van der Waals surface area contributed by atoms with Crippen LogP contribution in [0, 0.1) is 5.92 Å². The fraction of sp³-hybridized carbons (Fsp3) is 0.833. The summed E-state index contributed by atoms with van der Waals surface area (Å²) < 4.78 is 0. The van der Waals surface area contributed by atoms with Crippen LogP contribution in [0.15, 0.2) is 0 Å². The van der Waals surface area contributed by atoms with Crippen LogP contribution < -0.4 is 0 Å². The Morgan fingerprint density at radius 2 is 2.10 bits per heavy atom. The van der Waals surface area contributed by atoms with Crippen LogP contribution in [0.4, 0.5) is 0 Å². The van der Waals surface area contributed by atoms with E-state index in [0.29, 0.717) is 18.7 Å². The number of aliphatic hydroxyl groups is 1. The van der Waals surface area contributed by atoms with Gasteiger partial charge in [-0.15, -0.1) is 0 Å². The lowest BCUT2D eigenvalue weighted by Crippen LogP contribution is -2.21. The molecule has 1 aliphatic carbocycles. The molecule has 0 aromatic heterocycles. The Hall–Kier alpha value is -0.505. The smallest absolute Gasteiger partial charge is 0.309 e. The molecule has 0 saturated heterocycles. The minimum Gasteiger partial charge on any atom is -0.481 e. The number of carbonyl (C=O) groups is 1. The topological polar surface area (TPSA) is 57.5 Å². The Balaban J connectivity index is 2.54. The van der Waals surface area contributed by atoms with Crippen molar-refractivity contribution in [2.75, 3.05) is 0 Å². The second kappa shape index (κ2) is 2.62. The van der Waals surface area contributed by atoms with Gasteiger partial charge in [0.1, 0.15) is 7.85 Å². The number of hydrogen-bond donors (Lipinski definition) is 2. The summed E-state index contributed by atoms with van der Waals surface area (Å²) in [6.45, 7) is 0. The van der Waals surface area contributed by atoms with E-state index in [1.807, 2.05) is 7.85 Å². The lowest BCUT2D eigenvalue weighted by molar-refractivity contribution is -0.144. The highest BCUT2D eigenvalue weighted by Gasteiger charge is 2.35. The Kier molecular flexibility index (Phi) is 1.99. The van der Waals surface area contributed by atoms with E-state index in [-0.39, 0.29) is 0 Å². The zero-order chi connectivity index (χ0) is 7.72. The molecule has 3 atom stereocenters. The van der Waals surface area contributed by atoms with E-state index in [1.165, 1.54) is 0 Å². The van der Waals surface area contributed by atoms with E-state index in [2.05, 4.69) is 0 Å². The summed E-state index contributed by atoms with van der Waals surface area (Å²) in [6.07, 6.45) is 0.639. The third-order valence-electron chi connectivity index (χ3n) is 2.08. The Bertz CT molecular complexity index is 148. The molecular weight excluding hydrogens is 131 g/mol. The van der Waals surface area contributed by atoms with Gasteiger partial charge in [0, 0.05) is 0 Å². The highest BCUT2D eigenvalue weighted by atomic mass is 16.4. The Morgan fingerprint density at radius 3 is 2.30 bits per heavy atom. The lowest BCUT2D eigenvalue weighted by Gasteiger charge is -2.06. The van der Waals surface area contributed by atoms with Gasteiger partial charge in [0.05, 0.1) is 12.0 Å². The molecule has 0 spiro atoms. The van der Waals surface area contributed by atoms with Crippen molar-refractivity contribution in [2.24, 2.45) is 5.92 Å². The van der Waals surface area contributed by atoms with Crippen LogP contribution in [-0.2, 0) is 4.79 Å². The van der Waals surface area contributed by atoms with E-state index >= 15 is 0 Å². The average molecular weight is 142 g/mol. The van der Waals surface area contributed by atoms with Gasteiger partial charge in [0.15, 0.2) is 0 Å². The molecule has 0 heterocycles. The molecular formula is C6H11BO3. The summed E-state index contributed by atoms with van der Waals surface area (Å²) in [5, 5.41) is 17.7. The molecule has 1 fully saturated rings. The largest absolute Gasteiger partial charge is 0.481 e. The van der Waals surface area contributed by atoms with Crippen molar-refractivity contribution >= 4 is 13.8 Å². The minimum absolute atomic E-state index is 0.357. The molecule has 0 aromatic rings. The van der Waals surface area contributed by atoms with Crippen molar-refractivity contribution in [3.05, 3.63) is 0 Å². The molecule has 1 saturated carbocycles. The maximum atomic E-state index is 10.4. The van der Waals surface area contributed by atoms with Gasteiger partial charge in [-0.25, -0.2) is 0 Å². The zero-order valence-electron chi connectivity index (χ0n) is 5.95. The zero-order valence-corrected chi connectivity index (χ0v) is 5.95. The second-order valence-electron chi connectivity index (χ2n) is 3.09. The summed E-state index contributed by atoms with van der Waals surface area (Å²) in [5.74, 6) is -1.03. The number of rotatable bonds is 1. The van der Waals surface area contributed by atoms with Crippen molar-refractivity contribution in [3.8, 4) is 0 Å². The minimum atomic E-state index is -0.864. The fourth-order valence-corrected chi connectivity index (χ4v) is 1.53. The van der Waals surface area contributed by atoms with Crippen molar-refractivity contribution < 1.29 is 15.0 Å². The van der Waals surface area contributed by atoms with Gasteiger partial charge in [-0.3, -0.25) is 4.79 Å². The second-order valence-corrected chi connectivity index (χ2v) is 3.09. The molecule has 3 unspecified atom stereocenters. The van der Waals surface area contributed by atoms with E-state index in [4.69, 9.17) is 10.2 Å². The number of aliphatic hydroxyl groups excluding tert-OH is 1. The van der Waals surface area contributed by atoms with Gasteiger partial charge in [0.25, 0.3) is 0 Å². The fourth-order valence-electron chi connectivity index (χ4n) is 1.53. The maximum Gasteiger partial charge on any atom is 0.309 e. The standard InChI is InChI=1S/C6H11BO3/c7-3-1-4(6(9)10)5(8)2-3/h3-5,8H,1-2,7H2,(H,9,10). The summed E-state index contributed by atoms with van der Waals surface area (Å²) in [6, 6.07) is 0. The molecule has 1 aliphatic rings. The van der Waals surface area contributed by atoms with Crippen LogP contribution in [0.2, 0.25) is 5.82 Å². The van der Waals surface area contributed by atoms with E-state index < -0.39 is 18.0 Å². The number of carboxylic acids is 1. The molecule has 0 amide bonds. The summed E-state index contributed by atoms with van der Waals surface area (Å²) in [4.78, 5) is 10.4. The molecule has 2 N–H and O–H groups in total. The predicted octanol–water partition coefficient (Wildman–Crippen LogP) is -0.737. The molecule has 0 aliphatic heterocycles. The lowest BCUT2D eigenvalue weighted by atomic mass is 9.85. The summed E-state index contributed by atoms with van der Waals surface area (Å²) in [7, 11) is 1.96. The summed E-state index contributed by atoms with van der Waals surface area (Å²) >= 11 is 0. The molecule has 4 heteroatoms. The highest BCUT2D eigenvalue weighted by molar-refractivity contribution is 6.12. The van der Waals surface area contributed by atoms with Gasteiger partial charge in [-0.2, -0.15) is 0 Å². The molecule has 0 aromatic carbocycles. The van der Waals surface area contributed by atoms with Gasteiger partial charge >= 0.3 is 5.97 Å². The molecule has 0 radical (unpaired) electrons. The van der Waals surface area contributed by atoms with E-state index in [1.54, 1.807) is 0 Å². The first kappa shape index (κ1) is 7.60. The third kappa shape index (κ3) is 1.32. The van der Waals surface area contributed by atoms with Gasteiger partial charge < -0.3 is 10.2 Å². The van der Waals surface area contributed by atoms with E-state index in [0.717, 1.165) is 0 Å². The van der Waals surface area contributed by atoms with Crippen LogP contribution in [0.5, 0.6) is 0 Å². The molecule has 10 heavy (non-hydrogen) atoms. The quantitative estimate of drug-likeness (QED) is 0.474. The molecule has 56 valence electrons. The normalized spacial score (nSPS) is 39.9. The van der Waals surface area contributed by atoms with Crippen molar-refractivity contribution in [1.29, 1.82) is 0 Å². The van der Waals surface area contributed by atoms with Gasteiger partial charge in [-0.1, -0.05) is 5.82 Å². The van der Waals surface area contributed by atoms with Crippen LogP contribution in [0.3, 0.4) is 0 Å². The van der Waals surface area contributed by atoms with Gasteiger partial charge in [-0.05, 0) is 12.8 Å². The molecule has 3 nitrogen and oxygen atoms in total. The number of aliphatic carboxylic acids is 1. The van der Waals surface area contributed by atoms with E-state index in [9.17, 15) is 4.79 Å². The van der Waals surface area contributed by atoms with Crippen LogP contribution in [-0.4, -0.2) is 30.1 Å². The monoisotopic (exact) mass is 142 g/mol. The average Bonchev–Trinajstić information content (AvgIpc) is 2.10.